The van der Waals surface area contributed by atoms with E-state index in [9.17, 15) is 4.79 Å². The molecule has 0 radical (unpaired) electrons. The van der Waals surface area contributed by atoms with Crippen LogP contribution in [0.25, 0.3) is 6.08 Å². The molecule has 0 saturated carbocycles. The smallest absolute Gasteiger partial charge is 0.247 e. The highest BCUT2D eigenvalue weighted by Gasteiger charge is 2.25. The van der Waals surface area contributed by atoms with Crippen molar-refractivity contribution in [1.82, 2.24) is 10.3 Å². The molecule has 2 heterocycles. The number of hydrogen-bond acceptors (Lipinski definition) is 9. The topological polar surface area (TPSA) is 122 Å². The van der Waals surface area contributed by atoms with Crippen molar-refractivity contribution in [2.75, 3.05) is 61.8 Å². The number of likely N-dealkylation sites (tertiary alicyclic amines) is 1. The van der Waals surface area contributed by atoms with Gasteiger partial charge in [-0.25, -0.2) is 5.84 Å². The zero-order chi connectivity index (χ0) is 28.8. The van der Waals surface area contributed by atoms with Crippen molar-refractivity contribution >= 4 is 40.4 Å². The van der Waals surface area contributed by atoms with Crippen LogP contribution in [0.4, 0.5) is 22.7 Å². The van der Waals surface area contributed by atoms with Crippen LogP contribution >= 0.6 is 0 Å². The Balaban J connectivity index is 1.65. The quantitative estimate of drug-likeness (QED) is 0.101. The lowest BCUT2D eigenvalue weighted by molar-refractivity contribution is -0.111. The van der Waals surface area contributed by atoms with E-state index in [1.54, 1.807) is 19.3 Å². The summed E-state index contributed by atoms with van der Waals surface area (Å²) in [7, 11) is 7.69. The molecular formula is C30H38N8O2. The zero-order valence-corrected chi connectivity index (χ0v) is 23.5. The molecule has 1 amide bonds. The summed E-state index contributed by atoms with van der Waals surface area (Å²) in [5.74, 6) is 6.48. The van der Waals surface area contributed by atoms with Crippen LogP contribution in [0.1, 0.15) is 24.0 Å². The fraction of sp³-hybridized carbons (Fsp3) is 0.300. The third-order valence-corrected chi connectivity index (χ3v) is 7.23. The molecule has 40 heavy (non-hydrogen) atoms. The lowest BCUT2D eigenvalue weighted by Crippen LogP contribution is -2.45. The molecule has 210 valence electrons. The van der Waals surface area contributed by atoms with Crippen LogP contribution in [0, 0.1) is 5.41 Å². The zero-order valence-electron chi connectivity index (χ0n) is 23.5. The normalized spacial score (nSPS) is 16.7. The maximum Gasteiger partial charge on any atom is 0.247 e. The number of methoxy groups -OCH3 is 1. The Morgan fingerprint density at radius 3 is 2.75 bits per heavy atom. The molecule has 2 aliphatic rings. The van der Waals surface area contributed by atoms with Gasteiger partial charge in [0, 0.05) is 61.8 Å². The molecule has 2 aromatic carbocycles. The van der Waals surface area contributed by atoms with Crippen LogP contribution in [-0.4, -0.2) is 63.9 Å². The number of ether oxygens (including phenoxy) is 1. The highest BCUT2D eigenvalue weighted by molar-refractivity contribution is 6.08. The molecule has 2 aromatic rings. The summed E-state index contributed by atoms with van der Waals surface area (Å²) >= 11 is 0. The van der Waals surface area contributed by atoms with Gasteiger partial charge in [-0.3, -0.25) is 4.79 Å². The van der Waals surface area contributed by atoms with Crippen molar-refractivity contribution in [1.29, 1.82) is 5.41 Å². The summed E-state index contributed by atoms with van der Waals surface area (Å²) in [6.45, 7) is 5.59. The van der Waals surface area contributed by atoms with E-state index in [4.69, 9.17) is 16.0 Å². The predicted octanol–water partition coefficient (Wildman–Crippen LogP) is 3.71. The van der Waals surface area contributed by atoms with Gasteiger partial charge in [-0.2, -0.15) is 0 Å². The first-order chi connectivity index (χ1) is 19.2. The minimum atomic E-state index is -0.317. The summed E-state index contributed by atoms with van der Waals surface area (Å²) in [5, 5.41) is 14.9. The molecule has 4 rings (SSSR count). The Kier molecular flexibility index (Phi) is 8.96. The van der Waals surface area contributed by atoms with Gasteiger partial charge in [0.1, 0.15) is 11.6 Å². The lowest BCUT2D eigenvalue weighted by atomic mass is 10.0. The van der Waals surface area contributed by atoms with Gasteiger partial charge in [0.05, 0.1) is 29.9 Å². The summed E-state index contributed by atoms with van der Waals surface area (Å²) in [5.41, 5.74) is 10.7. The Morgan fingerprint density at radius 1 is 1.25 bits per heavy atom. The van der Waals surface area contributed by atoms with Crippen molar-refractivity contribution in [3.05, 3.63) is 77.9 Å². The number of piperidine rings is 1. The van der Waals surface area contributed by atoms with E-state index >= 15 is 0 Å². The van der Waals surface area contributed by atoms with E-state index in [1.807, 2.05) is 55.5 Å². The molecule has 1 unspecified atom stereocenters. The molecule has 1 atom stereocenters. The molecule has 0 spiro atoms. The molecule has 10 nitrogen and oxygen atoms in total. The summed E-state index contributed by atoms with van der Waals surface area (Å²) < 4.78 is 5.74. The van der Waals surface area contributed by atoms with Crippen molar-refractivity contribution in [3.63, 3.8) is 0 Å². The fourth-order valence-corrected chi connectivity index (χ4v) is 5.00. The third-order valence-electron chi connectivity index (χ3n) is 7.23. The van der Waals surface area contributed by atoms with Crippen LogP contribution in [0.15, 0.2) is 66.8 Å². The Hall–Kier alpha value is -4.50. The highest BCUT2D eigenvalue weighted by atomic mass is 16.5. The van der Waals surface area contributed by atoms with Crippen molar-refractivity contribution in [2.45, 2.75) is 18.9 Å². The first kappa shape index (κ1) is 28.5. The molecule has 10 heteroatoms. The number of amides is 1. The average Bonchev–Trinajstić information content (AvgIpc) is 2.96. The van der Waals surface area contributed by atoms with Gasteiger partial charge in [0.15, 0.2) is 0 Å². The van der Waals surface area contributed by atoms with Crippen LogP contribution < -0.4 is 36.4 Å². The SMILES string of the molecule is C=CC(=O)Nc1cc(N/C(=C/C(=N)c2ccc3c(c2)N(C)C=C=C3)NN)c(OC)cc1N(C)C1CCCN(C)C1. The highest BCUT2D eigenvalue weighted by Crippen LogP contribution is 2.39. The number of hydrogen-bond donors (Lipinski definition) is 5. The summed E-state index contributed by atoms with van der Waals surface area (Å²) in [6.07, 6.45) is 8.76. The Morgan fingerprint density at radius 2 is 2.05 bits per heavy atom. The Bertz CT molecular complexity index is 1390. The van der Waals surface area contributed by atoms with Crippen LogP contribution in [-0.2, 0) is 4.79 Å². The molecule has 1 saturated heterocycles. The second-order valence-corrected chi connectivity index (χ2v) is 10.00. The largest absolute Gasteiger partial charge is 0.494 e. The number of carbonyl (C=O) groups is 1. The van der Waals surface area contributed by atoms with Gasteiger partial charge in [-0.1, -0.05) is 18.7 Å². The Labute approximate surface area is 235 Å². The number of benzene rings is 2. The molecular weight excluding hydrogens is 504 g/mol. The van der Waals surface area contributed by atoms with Gasteiger partial charge >= 0.3 is 0 Å². The minimum absolute atomic E-state index is 0.257. The fourth-order valence-electron chi connectivity index (χ4n) is 5.00. The number of likely N-dealkylation sites (N-methyl/N-ethyl adjacent to an activating group) is 2. The molecule has 0 aromatic heterocycles. The summed E-state index contributed by atoms with van der Waals surface area (Å²) in [4.78, 5) is 18.8. The first-order valence-electron chi connectivity index (χ1n) is 13.1. The van der Waals surface area contributed by atoms with Crippen LogP contribution in [0.3, 0.4) is 0 Å². The predicted molar refractivity (Wildman–Crippen MR) is 164 cm³/mol. The number of nitrogens with two attached hydrogens (primary N) is 1. The third kappa shape index (κ3) is 6.38. The van der Waals surface area contributed by atoms with E-state index in [0.29, 0.717) is 22.9 Å². The van der Waals surface area contributed by atoms with E-state index in [0.717, 1.165) is 48.4 Å². The van der Waals surface area contributed by atoms with Gasteiger partial charge < -0.3 is 40.9 Å². The molecule has 6 N–H and O–H groups in total. The minimum Gasteiger partial charge on any atom is -0.494 e. The molecule has 2 aliphatic heterocycles. The number of nitrogens with zero attached hydrogens (tertiary/aromatic N) is 3. The van der Waals surface area contributed by atoms with Crippen molar-refractivity contribution in [2.24, 2.45) is 5.84 Å². The van der Waals surface area contributed by atoms with E-state index in [2.05, 4.69) is 45.2 Å². The second kappa shape index (κ2) is 12.6. The number of rotatable bonds is 10. The van der Waals surface area contributed by atoms with Crippen molar-refractivity contribution in [3.8, 4) is 5.75 Å². The number of hydrazine groups is 1. The average molecular weight is 543 g/mol. The standard InChI is InChI=1S/C30H38N8O2/c1-6-30(39)34-24-17-25(28(40-5)18-27(24)38(4)22-10-8-13-36(2)19-22)33-29(35-32)16-23(31)21-12-11-20-9-7-14-37(3)26(20)15-21/h6,9,11-12,14-18,22,31,33,35H,1,8,10,13,19,32H2,2-5H3,(H,34,39)/b29-16-,31-23?. The number of anilines is 4. The van der Waals surface area contributed by atoms with E-state index < -0.39 is 0 Å². The number of nitrogens with one attached hydrogen (secondary N) is 4. The maximum atomic E-state index is 12.4. The monoisotopic (exact) mass is 542 g/mol. The molecule has 0 aliphatic carbocycles. The van der Waals surface area contributed by atoms with E-state index in [1.165, 1.54) is 6.08 Å². The van der Waals surface area contributed by atoms with Gasteiger partial charge in [-0.05, 0) is 50.7 Å². The first-order valence-corrected chi connectivity index (χ1v) is 13.1. The summed E-state index contributed by atoms with van der Waals surface area (Å²) in [6, 6.07) is 9.79. The maximum absolute atomic E-state index is 12.4. The van der Waals surface area contributed by atoms with Gasteiger partial charge in [0.2, 0.25) is 5.91 Å². The number of fused-ring (bicyclic) bond motifs is 1. The van der Waals surface area contributed by atoms with Gasteiger partial charge in [0.25, 0.3) is 0 Å². The van der Waals surface area contributed by atoms with Crippen molar-refractivity contribution < 1.29 is 9.53 Å². The number of carbonyl (C=O) groups excluding carboxylic acids is 1. The molecule has 1 fully saturated rings. The second-order valence-electron chi connectivity index (χ2n) is 10.00. The van der Waals surface area contributed by atoms with Gasteiger partial charge in [-0.15, -0.1) is 5.73 Å². The molecule has 0 bridgehead atoms. The number of allylic oxidation sites excluding steroid dienone is 1. The van der Waals surface area contributed by atoms with Crippen LogP contribution in [0.5, 0.6) is 5.75 Å². The lowest BCUT2D eigenvalue weighted by Gasteiger charge is -2.38. The van der Waals surface area contributed by atoms with Crippen LogP contribution in [0.2, 0.25) is 0 Å². The van der Waals surface area contributed by atoms with E-state index in [-0.39, 0.29) is 17.7 Å².